The minimum atomic E-state index is 0.318. The van der Waals surface area contributed by atoms with Crippen LogP contribution in [0.3, 0.4) is 0 Å². The summed E-state index contributed by atoms with van der Waals surface area (Å²) in [4.78, 5) is 0. The van der Waals surface area contributed by atoms with Crippen molar-refractivity contribution >= 4 is 0 Å². The lowest BCUT2D eigenvalue weighted by molar-refractivity contribution is 0.284. The van der Waals surface area contributed by atoms with Gasteiger partial charge in [-0.1, -0.05) is 17.2 Å². The van der Waals surface area contributed by atoms with Crippen LogP contribution in [-0.2, 0) is 0 Å². The van der Waals surface area contributed by atoms with Crippen molar-refractivity contribution in [1.29, 1.82) is 0 Å². The average molecular weight is 182 g/mol. The first-order valence-electron chi connectivity index (χ1n) is 5.07. The molecule has 13 heavy (non-hydrogen) atoms. The van der Waals surface area contributed by atoms with Gasteiger partial charge in [-0.15, -0.1) is 6.58 Å². The van der Waals surface area contributed by atoms with Gasteiger partial charge in [-0.3, -0.25) is 0 Å². The molecule has 0 aromatic carbocycles. The summed E-state index contributed by atoms with van der Waals surface area (Å²) < 4.78 is 0. The van der Waals surface area contributed by atoms with Gasteiger partial charge >= 0.3 is 0 Å². The Morgan fingerprint density at radius 2 is 1.92 bits per heavy atom. The van der Waals surface area contributed by atoms with Crippen LogP contribution in [-0.4, -0.2) is 11.7 Å². The Morgan fingerprint density at radius 3 is 2.46 bits per heavy atom. The maximum atomic E-state index is 8.60. The number of hydrogen-bond donors (Lipinski definition) is 1. The molecule has 1 N–H and O–H groups in total. The van der Waals surface area contributed by atoms with Gasteiger partial charge in [-0.2, -0.15) is 0 Å². The van der Waals surface area contributed by atoms with Crippen LogP contribution in [0.1, 0.15) is 46.0 Å². The molecule has 1 nitrogen and oxygen atoms in total. The van der Waals surface area contributed by atoms with E-state index in [9.17, 15) is 0 Å². The predicted octanol–water partition coefficient (Wildman–Crippen LogP) is 3.45. The molecule has 0 unspecified atom stereocenters. The average Bonchev–Trinajstić information content (AvgIpc) is 2.04. The largest absolute Gasteiger partial charge is 0.396 e. The fourth-order valence-corrected chi connectivity index (χ4v) is 1.18. The third-order valence-electron chi connectivity index (χ3n) is 2.04. The molecule has 0 heterocycles. The van der Waals surface area contributed by atoms with Gasteiger partial charge < -0.3 is 5.11 Å². The van der Waals surface area contributed by atoms with Crippen molar-refractivity contribution in [2.75, 3.05) is 6.61 Å². The predicted molar refractivity (Wildman–Crippen MR) is 58.7 cm³/mol. The normalized spacial score (nSPS) is 11.8. The maximum Gasteiger partial charge on any atom is 0.0431 e. The summed E-state index contributed by atoms with van der Waals surface area (Å²) in [6, 6.07) is 0. The molecule has 0 aromatic heterocycles. The van der Waals surface area contributed by atoms with Crippen LogP contribution in [0.5, 0.6) is 0 Å². The van der Waals surface area contributed by atoms with Crippen molar-refractivity contribution in [2.45, 2.75) is 46.0 Å². The van der Waals surface area contributed by atoms with E-state index in [1.54, 1.807) is 0 Å². The van der Waals surface area contributed by atoms with Gasteiger partial charge in [0.1, 0.15) is 0 Å². The monoisotopic (exact) mass is 182 g/mol. The zero-order valence-corrected chi connectivity index (χ0v) is 8.97. The molecule has 0 aliphatic rings. The van der Waals surface area contributed by atoms with E-state index in [0.717, 1.165) is 32.1 Å². The molecule has 1 heteroatoms. The fraction of sp³-hybridized carbons (Fsp3) is 0.667. The van der Waals surface area contributed by atoms with Gasteiger partial charge in [0, 0.05) is 6.61 Å². The Balaban J connectivity index is 3.45. The molecular weight excluding hydrogens is 160 g/mol. The van der Waals surface area contributed by atoms with Crippen LogP contribution >= 0.6 is 0 Å². The van der Waals surface area contributed by atoms with Crippen molar-refractivity contribution in [3.8, 4) is 0 Å². The molecule has 0 saturated carbocycles. The van der Waals surface area contributed by atoms with E-state index in [2.05, 4.69) is 26.5 Å². The molecule has 0 aliphatic carbocycles. The molecule has 0 atom stereocenters. The van der Waals surface area contributed by atoms with Gasteiger partial charge in [0.05, 0.1) is 0 Å². The van der Waals surface area contributed by atoms with E-state index in [4.69, 9.17) is 5.11 Å². The summed E-state index contributed by atoms with van der Waals surface area (Å²) in [5.74, 6) is 0. The summed E-state index contributed by atoms with van der Waals surface area (Å²) in [6.07, 6.45) is 7.64. The van der Waals surface area contributed by atoms with Crippen molar-refractivity contribution < 1.29 is 5.11 Å². The van der Waals surface area contributed by atoms with Gasteiger partial charge in [-0.25, -0.2) is 0 Å². The Hall–Kier alpha value is -0.560. The van der Waals surface area contributed by atoms with Gasteiger partial charge in [0.15, 0.2) is 0 Å². The first kappa shape index (κ1) is 12.4. The van der Waals surface area contributed by atoms with Crippen LogP contribution in [0.25, 0.3) is 0 Å². The SMILES string of the molecule is C=C(C)CCC=C(C)CCCCO. The Kier molecular flexibility index (Phi) is 7.71. The molecular formula is C12H22O. The first-order valence-corrected chi connectivity index (χ1v) is 5.07. The van der Waals surface area contributed by atoms with E-state index in [1.165, 1.54) is 11.1 Å². The minimum absolute atomic E-state index is 0.318. The van der Waals surface area contributed by atoms with Crippen LogP contribution in [0, 0.1) is 0 Å². The van der Waals surface area contributed by atoms with Gasteiger partial charge in [0.2, 0.25) is 0 Å². The van der Waals surface area contributed by atoms with Gasteiger partial charge in [0.25, 0.3) is 0 Å². The third-order valence-corrected chi connectivity index (χ3v) is 2.04. The quantitative estimate of drug-likeness (QED) is 0.472. The lowest BCUT2D eigenvalue weighted by Gasteiger charge is -2.00. The first-order chi connectivity index (χ1) is 6.16. The number of aliphatic hydroxyl groups excluding tert-OH is 1. The summed E-state index contributed by atoms with van der Waals surface area (Å²) >= 11 is 0. The lowest BCUT2D eigenvalue weighted by Crippen LogP contribution is -1.84. The Bertz CT molecular complexity index is 168. The second-order valence-electron chi connectivity index (χ2n) is 3.73. The molecule has 0 fully saturated rings. The molecule has 0 aromatic rings. The molecule has 0 saturated heterocycles. The highest BCUT2D eigenvalue weighted by atomic mass is 16.2. The van der Waals surface area contributed by atoms with E-state index in [1.807, 2.05) is 0 Å². The number of unbranched alkanes of at least 4 members (excludes halogenated alkanes) is 1. The molecule has 0 bridgehead atoms. The topological polar surface area (TPSA) is 20.2 Å². The van der Waals surface area contributed by atoms with Crippen molar-refractivity contribution in [3.05, 3.63) is 23.8 Å². The summed E-state index contributed by atoms with van der Waals surface area (Å²) in [6.45, 7) is 8.41. The van der Waals surface area contributed by atoms with Gasteiger partial charge in [-0.05, 0) is 46.0 Å². The minimum Gasteiger partial charge on any atom is -0.396 e. The Morgan fingerprint density at radius 1 is 1.23 bits per heavy atom. The summed E-state index contributed by atoms with van der Waals surface area (Å²) in [5.41, 5.74) is 2.69. The molecule has 76 valence electrons. The zero-order valence-electron chi connectivity index (χ0n) is 8.97. The second kappa shape index (κ2) is 8.06. The lowest BCUT2D eigenvalue weighted by atomic mass is 10.1. The number of hydrogen-bond acceptors (Lipinski definition) is 1. The van der Waals surface area contributed by atoms with Crippen LogP contribution in [0.2, 0.25) is 0 Å². The number of aliphatic hydroxyl groups is 1. The standard InChI is InChI=1S/C12H22O/c1-11(2)7-6-9-12(3)8-4-5-10-13/h9,13H,1,4-8,10H2,2-3H3. The molecule has 0 rings (SSSR count). The summed E-state index contributed by atoms with van der Waals surface area (Å²) in [7, 11) is 0. The van der Waals surface area contributed by atoms with Crippen molar-refractivity contribution in [1.82, 2.24) is 0 Å². The Labute approximate surface area is 82.2 Å². The van der Waals surface area contributed by atoms with Crippen LogP contribution in [0.15, 0.2) is 23.8 Å². The number of rotatable bonds is 7. The fourth-order valence-electron chi connectivity index (χ4n) is 1.18. The van der Waals surface area contributed by atoms with E-state index < -0.39 is 0 Å². The van der Waals surface area contributed by atoms with Crippen molar-refractivity contribution in [2.24, 2.45) is 0 Å². The van der Waals surface area contributed by atoms with E-state index in [-0.39, 0.29) is 0 Å². The molecule has 0 radical (unpaired) electrons. The van der Waals surface area contributed by atoms with Crippen molar-refractivity contribution in [3.63, 3.8) is 0 Å². The highest BCUT2D eigenvalue weighted by Gasteiger charge is 1.91. The highest BCUT2D eigenvalue weighted by molar-refractivity contribution is 5.00. The molecule has 0 aliphatic heterocycles. The van der Waals surface area contributed by atoms with Crippen LogP contribution < -0.4 is 0 Å². The van der Waals surface area contributed by atoms with Crippen LogP contribution in [0.4, 0.5) is 0 Å². The summed E-state index contributed by atoms with van der Waals surface area (Å²) in [5, 5.41) is 8.60. The highest BCUT2D eigenvalue weighted by Crippen LogP contribution is 2.09. The smallest absolute Gasteiger partial charge is 0.0431 e. The zero-order chi connectivity index (χ0) is 10.1. The molecule has 0 spiro atoms. The number of allylic oxidation sites excluding steroid dienone is 3. The molecule has 0 amide bonds. The second-order valence-corrected chi connectivity index (χ2v) is 3.73. The maximum absolute atomic E-state index is 8.60. The third kappa shape index (κ3) is 9.35. The van der Waals surface area contributed by atoms with E-state index in [0.29, 0.717) is 6.61 Å². The van der Waals surface area contributed by atoms with E-state index >= 15 is 0 Å².